The maximum atomic E-state index is 14.7. The molecule has 0 aromatic rings. The molecule has 1 saturated heterocycles. The Bertz CT molecular complexity index is 1800. The Morgan fingerprint density at radius 3 is 2.04 bits per heavy atom. The van der Waals surface area contributed by atoms with Gasteiger partial charge < -0.3 is 35.0 Å². The highest BCUT2D eigenvalue weighted by atomic mass is 16.5. The minimum atomic E-state index is -0.577. The molecule has 12 nitrogen and oxygen atoms in total. The van der Waals surface area contributed by atoms with E-state index in [9.17, 15) is 24.3 Å². The quantitative estimate of drug-likeness (QED) is 0.125. The van der Waals surface area contributed by atoms with Crippen LogP contribution < -0.4 is 10.6 Å². The predicted molar refractivity (Wildman–Crippen MR) is 270 cm³/mol. The molecule has 6 rings (SSSR count). The summed E-state index contributed by atoms with van der Waals surface area (Å²) in [7, 11) is 8.74. The van der Waals surface area contributed by atoms with E-state index in [-0.39, 0.29) is 99.0 Å². The number of hydrogen-bond donors (Lipinski definition) is 3. The van der Waals surface area contributed by atoms with Gasteiger partial charge in [-0.25, -0.2) is 0 Å². The van der Waals surface area contributed by atoms with Crippen molar-refractivity contribution in [2.24, 2.45) is 68.0 Å². The molecule has 0 aromatic heterocycles. The fraction of sp³-hybridized carbons (Fsp3) is 0.929. The van der Waals surface area contributed by atoms with Crippen molar-refractivity contribution in [1.29, 1.82) is 0 Å². The Labute approximate surface area is 413 Å². The van der Waals surface area contributed by atoms with Crippen molar-refractivity contribution in [3.63, 3.8) is 0 Å². The van der Waals surface area contributed by atoms with E-state index in [1.165, 1.54) is 51.4 Å². The standard InChI is InChI=1S/C56H99N5O7/c1-17-36(4)47(60(14)45(64)33-57-50(66)46(35(2)3)59(12)13)41(67-15)32-44(63)61-31-19-21-40(61)48(68-16)37(5)49(65)58-43-24-26-54(10)42-23-22-38-39-20-18-25-56(39,34-62)30-28-52(38,8)53(42,9)27-29-55(54,11)51(43,6)7/h35-43,46-48,62H,17-34H2,1-16H3,(H,57,66)(H,58,65)/t36-,37+,38?,39?,40?,41+,42?,43-,46?,47-,48+,52+,53+,54+,55-,56+/m0/s1. The van der Waals surface area contributed by atoms with Crippen molar-refractivity contribution < 1.29 is 33.8 Å². The molecule has 68 heavy (non-hydrogen) atoms. The van der Waals surface area contributed by atoms with E-state index in [0.29, 0.717) is 30.9 Å². The van der Waals surface area contributed by atoms with Crippen LogP contribution in [0.2, 0.25) is 0 Å². The van der Waals surface area contributed by atoms with Crippen LogP contribution in [0, 0.1) is 68.0 Å². The first-order chi connectivity index (χ1) is 31.8. The highest BCUT2D eigenvalue weighted by Gasteiger charge is 2.73. The highest BCUT2D eigenvalue weighted by Crippen LogP contribution is 2.79. The zero-order valence-corrected chi connectivity index (χ0v) is 45.9. The highest BCUT2D eigenvalue weighted by molar-refractivity contribution is 5.87. The Balaban J connectivity index is 1.12. The average Bonchev–Trinajstić information content (AvgIpc) is 3.96. The average molecular weight is 954 g/mol. The SMILES string of the molecule is CC[C@H](C)[C@@H]([C@@H](CC(=O)N1CCCC1[C@H](OC)[C@@H](C)C(=O)N[C@H]1CC[C@]2(C)C3CCC4C5CCC[C@]5(CO)CC[C@@]4(C)[C@]3(C)CC[C@@]2(C)C1(C)C)OC)N(C)C(=O)CNC(=O)C(C(C)C)N(C)C. The van der Waals surface area contributed by atoms with Crippen LogP contribution in [0.4, 0.5) is 0 Å². The molecule has 0 spiro atoms. The maximum absolute atomic E-state index is 14.7. The first kappa shape index (κ1) is 55.0. The number of carbonyl (C=O) groups excluding carboxylic acids is 4. The molecule has 6 aliphatic rings. The fourth-order valence-electron chi connectivity index (χ4n) is 17.6. The molecular weight excluding hydrogens is 855 g/mol. The van der Waals surface area contributed by atoms with E-state index in [1.54, 1.807) is 26.2 Å². The summed E-state index contributed by atoms with van der Waals surface area (Å²) < 4.78 is 12.3. The lowest BCUT2D eigenvalue weighted by Crippen LogP contribution is -2.71. The van der Waals surface area contributed by atoms with Crippen molar-refractivity contribution in [3.8, 4) is 0 Å². The van der Waals surface area contributed by atoms with Crippen molar-refractivity contribution in [2.45, 2.75) is 209 Å². The lowest BCUT2D eigenvalue weighted by atomic mass is 9.29. The number of rotatable bonds is 18. The predicted octanol–water partition coefficient (Wildman–Crippen LogP) is 8.33. The van der Waals surface area contributed by atoms with Gasteiger partial charge in [0, 0.05) is 40.5 Å². The minimum Gasteiger partial charge on any atom is -0.396 e. The smallest absolute Gasteiger partial charge is 0.242 e. The van der Waals surface area contributed by atoms with Crippen molar-refractivity contribution in [3.05, 3.63) is 0 Å². The minimum absolute atomic E-state index is 0.00893. The Morgan fingerprint density at radius 2 is 1.44 bits per heavy atom. The van der Waals surface area contributed by atoms with Gasteiger partial charge in [0.25, 0.3) is 0 Å². The summed E-state index contributed by atoms with van der Waals surface area (Å²) in [6.07, 6.45) is 14.5. The molecule has 0 aromatic carbocycles. The van der Waals surface area contributed by atoms with E-state index >= 15 is 0 Å². The maximum Gasteiger partial charge on any atom is 0.242 e. The van der Waals surface area contributed by atoms with Gasteiger partial charge in [0.1, 0.15) is 0 Å². The largest absolute Gasteiger partial charge is 0.396 e. The van der Waals surface area contributed by atoms with Crippen LogP contribution in [0.15, 0.2) is 0 Å². The number of nitrogens with one attached hydrogen (secondary N) is 2. The number of likely N-dealkylation sites (N-methyl/N-ethyl adjacent to an activating group) is 2. The van der Waals surface area contributed by atoms with E-state index in [4.69, 9.17) is 9.47 Å². The third kappa shape index (κ3) is 9.02. The molecule has 0 radical (unpaired) electrons. The van der Waals surface area contributed by atoms with Gasteiger partial charge in [-0.05, 0) is 153 Å². The Kier molecular flexibility index (Phi) is 16.7. The van der Waals surface area contributed by atoms with Crippen LogP contribution in [0.5, 0.6) is 0 Å². The lowest BCUT2D eigenvalue weighted by molar-refractivity contribution is -0.268. The number of nitrogens with zero attached hydrogens (tertiary/aromatic N) is 3. The molecule has 3 N–H and O–H groups in total. The summed E-state index contributed by atoms with van der Waals surface area (Å²) in [5, 5.41) is 17.2. The van der Waals surface area contributed by atoms with Gasteiger partial charge in [-0.3, -0.25) is 24.1 Å². The summed E-state index contributed by atoms with van der Waals surface area (Å²) in [4.78, 5) is 61.4. The van der Waals surface area contributed by atoms with Crippen LogP contribution in [0.3, 0.4) is 0 Å². The van der Waals surface area contributed by atoms with Crippen molar-refractivity contribution >= 4 is 23.6 Å². The zero-order chi connectivity index (χ0) is 50.5. The van der Waals surface area contributed by atoms with E-state index in [2.05, 4.69) is 66.0 Å². The van der Waals surface area contributed by atoms with Crippen LogP contribution in [0.1, 0.15) is 172 Å². The number of amides is 4. The number of methoxy groups -OCH3 is 2. The topological polar surface area (TPSA) is 141 Å². The monoisotopic (exact) mass is 954 g/mol. The molecule has 4 amide bonds. The normalized spacial score (nSPS) is 38.0. The van der Waals surface area contributed by atoms with Gasteiger partial charge >= 0.3 is 0 Å². The summed E-state index contributed by atoms with van der Waals surface area (Å²) in [5.74, 6) is 1.08. The van der Waals surface area contributed by atoms with E-state index in [1.807, 2.05) is 44.7 Å². The van der Waals surface area contributed by atoms with Gasteiger partial charge in [-0.2, -0.15) is 0 Å². The molecule has 5 unspecified atom stereocenters. The molecule has 5 saturated carbocycles. The number of hydrogen-bond acceptors (Lipinski definition) is 8. The molecule has 5 aliphatic carbocycles. The van der Waals surface area contributed by atoms with Crippen LogP contribution in [0.25, 0.3) is 0 Å². The number of fused-ring (bicyclic) bond motifs is 7. The molecule has 1 heterocycles. The number of aliphatic hydroxyl groups is 1. The van der Waals surface area contributed by atoms with Gasteiger partial charge in [-0.15, -0.1) is 0 Å². The second-order valence-corrected chi connectivity index (χ2v) is 25.7. The van der Waals surface area contributed by atoms with Crippen molar-refractivity contribution in [2.75, 3.05) is 55.1 Å². The number of carbonyl (C=O) groups is 4. The molecule has 16 atom stereocenters. The van der Waals surface area contributed by atoms with Crippen LogP contribution >= 0.6 is 0 Å². The summed E-state index contributed by atoms with van der Waals surface area (Å²) in [6.45, 7) is 26.3. The zero-order valence-electron chi connectivity index (χ0n) is 45.9. The first-order valence-corrected chi connectivity index (χ1v) is 27.3. The number of aliphatic hydroxyl groups excluding tert-OH is 1. The fourth-order valence-corrected chi connectivity index (χ4v) is 17.6. The number of likely N-dealkylation sites (tertiary alicyclic amines) is 1. The van der Waals surface area contributed by atoms with E-state index < -0.39 is 24.2 Å². The second kappa shape index (κ2) is 20.7. The third-order valence-electron chi connectivity index (χ3n) is 22.5. The molecule has 390 valence electrons. The Morgan fingerprint density at radius 1 is 0.765 bits per heavy atom. The first-order valence-electron chi connectivity index (χ1n) is 27.3. The van der Waals surface area contributed by atoms with Crippen molar-refractivity contribution in [1.82, 2.24) is 25.3 Å². The third-order valence-corrected chi connectivity index (χ3v) is 22.5. The van der Waals surface area contributed by atoms with Gasteiger partial charge in [0.05, 0.1) is 49.2 Å². The molecule has 1 aliphatic heterocycles. The molecule has 0 bridgehead atoms. The van der Waals surface area contributed by atoms with E-state index in [0.717, 1.165) is 38.5 Å². The van der Waals surface area contributed by atoms with Crippen LogP contribution in [-0.2, 0) is 28.7 Å². The molecular formula is C56H99N5O7. The summed E-state index contributed by atoms with van der Waals surface area (Å²) in [5.41, 5.74) is 0.696. The van der Waals surface area contributed by atoms with Crippen LogP contribution in [-0.4, -0.2) is 135 Å². The second-order valence-electron chi connectivity index (χ2n) is 25.7. The molecule has 12 heteroatoms. The summed E-state index contributed by atoms with van der Waals surface area (Å²) >= 11 is 0. The number of ether oxygens (including phenoxy) is 2. The lowest BCUT2D eigenvalue weighted by Gasteiger charge is -2.76. The Hall–Kier alpha value is -2.28. The molecule has 6 fully saturated rings. The summed E-state index contributed by atoms with van der Waals surface area (Å²) in [6, 6.07) is -1.02. The van der Waals surface area contributed by atoms with Gasteiger partial charge in [0.15, 0.2) is 0 Å². The van der Waals surface area contributed by atoms with Gasteiger partial charge in [-0.1, -0.05) is 89.0 Å². The van der Waals surface area contributed by atoms with Gasteiger partial charge in [0.2, 0.25) is 23.6 Å².